The number of phenols is 2. The number of aromatic nitrogens is 1. The second kappa shape index (κ2) is 5.92. The van der Waals surface area contributed by atoms with Crippen molar-refractivity contribution >= 4 is 11.6 Å². The van der Waals surface area contributed by atoms with Crippen molar-refractivity contribution in [1.29, 1.82) is 0 Å². The zero-order valence-electron chi connectivity index (χ0n) is 12.1. The van der Waals surface area contributed by atoms with E-state index in [1.165, 1.54) is 24.4 Å². The lowest BCUT2D eigenvalue weighted by Gasteiger charge is -2.15. The van der Waals surface area contributed by atoms with Gasteiger partial charge in [0.2, 0.25) is 11.6 Å². The minimum Gasteiger partial charge on any atom is -0.504 e. The first kappa shape index (κ1) is 14.8. The molecule has 116 valence electrons. The molecule has 1 aromatic heterocycles. The first-order valence-electron chi connectivity index (χ1n) is 7.07. The number of rotatable bonds is 4. The highest BCUT2D eigenvalue weighted by Gasteiger charge is 2.25. The van der Waals surface area contributed by atoms with Crippen LogP contribution in [0.15, 0.2) is 48.3 Å². The number of nitrogens with zero attached hydrogens (tertiary/aromatic N) is 1. The summed E-state index contributed by atoms with van der Waals surface area (Å²) < 4.78 is 0. The van der Waals surface area contributed by atoms with Crippen molar-refractivity contribution in [3.05, 3.63) is 65.1 Å². The minimum atomic E-state index is -0.301. The molecule has 23 heavy (non-hydrogen) atoms. The molecule has 1 aliphatic carbocycles. The minimum absolute atomic E-state index is 0.173. The van der Waals surface area contributed by atoms with Gasteiger partial charge in [-0.15, -0.1) is 0 Å². The van der Waals surface area contributed by atoms with Gasteiger partial charge in [0, 0.05) is 18.8 Å². The van der Waals surface area contributed by atoms with Crippen molar-refractivity contribution in [2.45, 2.75) is 6.42 Å². The molecule has 0 saturated heterocycles. The predicted molar refractivity (Wildman–Crippen MR) is 82.5 cm³/mol. The summed E-state index contributed by atoms with van der Waals surface area (Å²) >= 11 is 0. The second-order valence-corrected chi connectivity index (χ2v) is 5.15. The number of carbonyl (C=O) groups excluding carboxylic acids is 2. The van der Waals surface area contributed by atoms with E-state index in [1.807, 2.05) is 0 Å². The standard InChI is InChI=1S/C17H14N2O4/c20-13-4-3-10(8-14(13)21)5-7-18-12-9-15(22)16-11(17(12)23)2-1-6-19-16/h1-4,6,8-9,18,20-21H,5,7H2. The van der Waals surface area contributed by atoms with Gasteiger partial charge in [-0.2, -0.15) is 0 Å². The Kier molecular flexibility index (Phi) is 3.80. The van der Waals surface area contributed by atoms with Crippen LogP contribution in [-0.2, 0) is 6.42 Å². The molecule has 0 amide bonds. The molecule has 0 bridgehead atoms. The Balaban J connectivity index is 1.68. The maximum absolute atomic E-state index is 12.3. The van der Waals surface area contributed by atoms with Gasteiger partial charge < -0.3 is 15.5 Å². The highest BCUT2D eigenvalue weighted by atomic mass is 16.3. The van der Waals surface area contributed by atoms with Crippen LogP contribution in [0.2, 0.25) is 0 Å². The Bertz CT molecular complexity index is 827. The Morgan fingerprint density at radius 1 is 1.09 bits per heavy atom. The molecule has 6 heteroatoms. The predicted octanol–water partition coefficient (Wildman–Crippen LogP) is 1.59. The lowest BCUT2D eigenvalue weighted by Crippen LogP contribution is -2.28. The number of Topliss-reactive ketones (excluding diaryl/α,β-unsaturated/α-hetero) is 1. The van der Waals surface area contributed by atoms with Gasteiger partial charge in [-0.3, -0.25) is 14.6 Å². The molecule has 1 heterocycles. The van der Waals surface area contributed by atoms with Gasteiger partial charge in [-0.1, -0.05) is 6.07 Å². The van der Waals surface area contributed by atoms with Gasteiger partial charge in [0.05, 0.1) is 11.3 Å². The molecule has 0 radical (unpaired) electrons. The lowest BCUT2D eigenvalue weighted by atomic mass is 9.97. The number of phenolic OH excluding ortho intramolecular Hbond substituents is 2. The summed E-state index contributed by atoms with van der Waals surface area (Å²) in [6.45, 7) is 0.407. The van der Waals surface area contributed by atoms with E-state index in [4.69, 9.17) is 0 Å². The molecular weight excluding hydrogens is 296 g/mol. The van der Waals surface area contributed by atoms with E-state index < -0.39 is 0 Å². The van der Waals surface area contributed by atoms with E-state index in [9.17, 15) is 19.8 Å². The Morgan fingerprint density at radius 2 is 1.91 bits per heavy atom. The van der Waals surface area contributed by atoms with E-state index in [0.717, 1.165) is 5.56 Å². The van der Waals surface area contributed by atoms with Crippen LogP contribution in [0.1, 0.15) is 26.4 Å². The summed E-state index contributed by atoms with van der Waals surface area (Å²) in [5, 5.41) is 21.7. The maximum Gasteiger partial charge on any atom is 0.211 e. The summed E-state index contributed by atoms with van der Waals surface area (Å²) in [7, 11) is 0. The van der Waals surface area contributed by atoms with Crippen LogP contribution in [0, 0.1) is 0 Å². The monoisotopic (exact) mass is 310 g/mol. The molecule has 0 atom stereocenters. The molecule has 3 rings (SSSR count). The van der Waals surface area contributed by atoms with Crippen LogP contribution >= 0.6 is 0 Å². The average molecular weight is 310 g/mol. The Hall–Kier alpha value is -3.15. The molecule has 0 aliphatic heterocycles. The SMILES string of the molecule is O=C1C(NCCc2ccc(O)c(O)c2)=CC(=O)c2ncccc21. The fourth-order valence-corrected chi connectivity index (χ4v) is 2.39. The zero-order valence-corrected chi connectivity index (χ0v) is 12.1. The Labute approximate surface area is 132 Å². The lowest BCUT2D eigenvalue weighted by molar-refractivity contribution is 0.0975. The van der Waals surface area contributed by atoms with Crippen molar-refractivity contribution in [2.24, 2.45) is 0 Å². The molecule has 0 spiro atoms. The van der Waals surface area contributed by atoms with Gasteiger partial charge in [0.1, 0.15) is 5.69 Å². The van der Waals surface area contributed by atoms with Crippen LogP contribution in [0.3, 0.4) is 0 Å². The highest BCUT2D eigenvalue weighted by Crippen LogP contribution is 2.25. The van der Waals surface area contributed by atoms with Crippen LogP contribution in [0.5, 0.6) is 11.5 Å². The number of fused-ring (bicyclic) bond motifs is 1. The highest BCUT2D eigenvalue weighted by molar-refractivity contribution is 6.23. The molecule has 2 aromatic rings. The van der Waals surface area contributed by atoms with Crippen LogP contribution in [0.25, 0.3) is 0 Å². The Morgan fingerprint density at radius 3 is 2.70 bits per heavy atom. The van der Waals surface area contributed by atoms with Crippen LogP contribution in [-0.4, -0.2) is 33.3 Å². The number of pyridine rings is 1. The van der Waals surface area contributed by atoms with Crippen molar-refractivity contribution in [3.63, 3.8) is 0 Å². The summed E-state index contributed by atoms with van der Waals surface area (Å²) in [5.41, 5.74) is 1.50. The van der Waals surface area contributed by atoms with Crippen molar-refractivity contribution in [3.8, 4) is 11.5 Å². The zero-order chi connectivity index (χ0) is 16.4. The average Bonchev–Trinajstić information content (AvgIpc) is 2.55. The van der Waals surface area contributed by atoms with Crippen LogP contribution < -0.4 is 5.32 Å². The van der Waals surface area contributed by atoms with Crippen LogP contribution in [0.4, 0.5) is 0 Å². The molecule has 1 aliphatic rings. The molecule has 0 fully saturated rings. The third-order valence-electron chi connectivity index (χ3n) is 3.57. The number of ketones is 2. The number of allylic oxidation sites excluding steroid dienone is 2. The largest absolute Gasteiger partial charge is 0.504 e. The van der Waals surface area contributed by atoms with E-state index >= 15 is 0 Å². The number of carbonyl (C=O) groups is 2. The van der Waals surface area contributed by atoms with E-state index in [0.29, 0.717) is 18.5 Å². The summed E-state index contributed by atoms with van der Waals surface area (Å²) in [6.07, 6.45) is 3.26. The van der Waals surface area contributed by atoms with Crippen molar-refractivity contribution in [1.82, 2.24) is 10.3 Å². The fourth-order valence-electron chi connectivity index (χ4n) is 2.39. The first-order valence-corrected chi connectivity index (χ1v) is 7.07. The first-order chi connectivity index (χ1) is 11.1. The third-order valence-corrected chi connectivity index (χ3v) is 3.57. The molecule has 3 N–H and O–H groups in total. The molecule has 0 saturated carbocycles. The van der Waals surface area contributed by atoms with E-state index in [-0.39, 0.29) is 34.5 Å². The van der Waals surface area contributed by atoms with Gasteiger partial charge in [-0.25, -0.2) is 0 Å². The number of aromatic hydroxyl groups is 2. The molecule has 0 unspecified atom stereocenters. The number of hydrogen-bond acceptors (Lipinski definition) is 6. The van der Waals surface area contributed by atoms with Crippen molar-refractivity contribution < 1.29 is 19.8 Å². The molecule has 1 aromatic carbocycles. The fraction of sp³-hybridized carbons (Fsp3) is 0.118. The van der Waals surface area contributed by atoms with Gasteiger partial charge in [0.15, 0.2) is 11.5 Å². The van der Waals surface area contributed by atoms with Gasteiger partial charge in [-0.05, 0) is 36.2 Å². The van der Waals surface area contributed by atoms with E-state index in [2.05, 4.69) is 10.3 Å². The topological polar surface area (TPSA) is 99.5 Å². The van der Waals surface area contributed by atoms with Crippen molar-refractivity contribution in [2.75, 3.05) is 6.54 Å². The number of nitrogens with one attached hydrogen (secondary N) is 1. The number of benzene rings is 1. The third kappa shape index (κ3) is 2.91. The maximum atomic E-state index is 12.3. The van der Waals surface area contributed by atoms with Gasteiger partial charge in [0.25, 0.3) is 0 Å². The van der Waals surface area contributed by atoms with Gasteiger partial charge >= 0.3 is 0 Å². The molecular formula is C17H14N2O4. The normalized spacial score (nSPS) is 13.5. The quantitative estimate of drug-likeness (QED) is 0.742. The summed E-state index contributed by atoms with van der Waals surface area (Å²) in [4.78, 5) is 28.2. The summed E-state index contributed by atoms with van der Waals surface area (Å²) in [5.74, 6) is -0.932. The smallest absolute Gasteiger partial charge is 0.211 e. The second-order valence-electron chi connectivity index (χ2n) is 5.15. The molecule has 6 nitrogen and oxygen atoms in total. The summed E-state index contributed by atoms with van der Waals surface area (Å²) in [6, 6.07) is 7.74. The van der Waals surface area contributed by atoms with E-state index in [1.54, 1.807) is 18.2 Å². The number of hydrogen-bond donors (Lipinski definition) is 3.